The first-order valence-corrected chi connectivity index (χ1v) is 15.9. The van der Waals surface area contributed by atoms with Crippen LogP contribution in [-0.2, 0) is 16.1 Å². The molecule has 232 valence electrons. The summed E-state index contributed by atoms with van der Waals surface area (Å²) in [5.41, 5.74) is 4.17. The van der Waals surface area contributed by atoms with Crippen LogP contribution >= 0.6 is 0 Å². The van der Waals surface area contributed by atoms with E-state index in [0.717, 1.165) is 94.1 Å². The molecule has 6 rings (SSSR count). The number of hydrogen-bond donors (Lipinski definition) is 1. The van der Waals surface area contributed by atoms with Gasteiger partial charge in [0.25, 0.3) is 0 Å². The number of nitriles is 2. The molecule has 0 aliphatic carbocycles. The van der Waals surface area contributed by atoms with Crippen LogP contribution in [0.2, 0.25) is 0 Å². The second-order valence-corrected chi connectivity index (χ2v) is 12.8. The highest BCUT2D eigenvalue weighted by molar-refractivity contribution is 5.88. The monoisotopic (exact) mass is 604 g/mol. The van der Waals surface area contributed by atoms with Gasteiger partial charge in [-0.2, -0.15) is 15.6 Å². The Kier molecular flexibility index (Phi) is 9.09. The molecule has 45 heavy (non-hydrogen) atoms. The first-order valence-electron chi connectivity index (χ1n) is 15.9. The molecule has 3 aliphatic rings. The van der Waals surface area contributed by atoms with Crippen molar-refractivity contribution in [2.45, 2.75) is 26.3 Å². The van der Waals surface area contributed by atoms with Gasteiger partial charge >= 0.3 is 0 Å². The Hall–Kier alpha value is -4.35. The number of piperidine rings is 2. The lowest BCUT2D eigenvalue weighted by atomic mass is 9.69. The van der Waals surface area contributed by atoms with Gasteiger partial charge in [-0.3, -0.25) is 19.2 Å². The van der Waals surface area contributed by atoms with Crippen LogP contribution in [0.3, 0.4) is 0 Å². The van der Waals surface area contributed by atoms with Gasteiger partial charge in [0.2, 0.25) is 5.91 Å². The van der Waals surface area contributed by atoms with Crippen LogP contribution in [0.25, 0.3) is 22.4 Å². The molecule has 3 fully saturated rings. The van der Waals surface area contributed by atoms with Crippen molar-refractivity contribution in [3.8, 4) is 34.5 Å². The van der Waals surface area contributed by atoms with E-state index in [-0.39, 0.29) is 18.2 Å². The van der Waals surface area contributed by atoms with Gasteiger partial charge in [-0.15, -0.1) is 0 Å². The molecule has 0 spiro atoms. The zero-order valence-electron chi connectivity index (χ0n) is 25.9. The third-order valence-electron chi connectivity index (χ3n) is 9.72. The lowest BCUT2D eigenvalue weighted by Crippen LogP contribution is -2.61. The highest BCUT2D eigenvalue weighted by Gasteiger charge is 2.47. The van der Waals surface area contributed by atoms with Crippen LogP contribution in [0.5, 0.6) is 0 Å². The van der Waals surface area contributed by atoms with Gasteiger partial charge in [-0.1, -0.05) is 24.3 Å². The second kappa shape index (κ2) is 13.3. The van der Waals surface area contributed by atoms with E-state index in [9.17, 15) is 20.1 Å². The molecule has 1 amide bonds. The van der Waals surface area contributed by atoms with Crippen LogP contribution in [0, 0.1) is 34.0 Å². The summed E-state index contributed by atoms with van der Waals surface area (Å²) in [6.07, 6.45) is 3.73. The molecule has 1 aromatic heterocycles. The molecule has 3 aromatic rings. The lowest BCUT2D eigenvalue weighted by molar-refractivity contribution is -0.136. The molecule has 2 unspecified atom stereocenters. The van der Waals surface area contributed by atoms with Crippen molar-refractivity contribution in [3.63, 3.8) is 0 Å². The van der Waals surface area contributed by atoms with Gasteiger partial charge in [0.1, 0.15) is 6.54 Å². The average Bonchev–Trinajstić information content (AvgIpc) is 3.48. The van der Waals surface area contributed by atoms with Crippen LogP contribution in [0.4, 0.5) is 0 Å². The molecule has 0 saturated carbocycles. The molecule has 10 nitrogen and oxygen atoms in total. The zero-order valence-corrected chi connectivity index (χ0v) is 25.9. The maximum atomic E-state index is 14.3. The number of carbonyl (C=O) groups is 2. The van der Waals surface area contributed by atoms with Gasteiger partial charge < -0.3 is 15.1 Å². The van der Waals surface area contributed by atoms with Gasteiger partial charge in [0.05, 0.1) is 40.6 Å². The summed E-state index contributed by atoms with van der Waals surface area (Å²) in [5.74, 6) is 0.775. The standard InChI is InChI=1S/C35H40N8O2/c1-26(44)42-15-13-40(14-16-42)11-2-12-41-22-29-17-35(25-41,24-38-20-29)33(45)23-43-34(31-9-5-28(19-37)6-10-31)32(21-39-43)30-7-3-27(18-36)4-8-30/h3-10,21,29,38H,2,11-17,20,22-25H2,1H3. The van der Waals surface area contributed by atoms with E-state index in [2.05, 4.69) is 27.3 Å². The smallest absolute Gasteiger partial charge is 0.219 e. The fourth-order valence-corrected chi connectivity index (χ4v) is 7.35. The lowest BCUT2D eigenvalue weighted by Gasteiger charge is -2.49. The number of Topliss-reactive ketones (excluding diaryl/α,β-unsaturated/α-hetero) is 1. The van der Waals surface area contributed by atoms with Gasteiger partial charge in [-0.25, -0.2) is 0 Å². The average molecular weight is 605 g/mol. The summed E-state index contributed by atoms with van der Waals surface area (Å²) in [6.45, 7) is 10.5. The van der Waals surface area contributed by atoms with E-state index in [0.29, 0.717) is 23.6 Å². The van der Waals surface area contributed by atoms with E-state index in [1.807, 2.05) is 33.8 Å². The molecular formula is C35H40N8O2. The van der Waals surface area contributed by atoms with Crippen LogP contribution in [0.1, 0.15) is 30.9 Å². The van der Waals surface area contributed by atoms with Crippen LogP contribution in [0.15, 0.2) is 54.7 Å². The summed E-state index contributed by atoms with van der Waals surface area (Å²) in [5, 5.41) is 26.9. The minimum Gasteiger partial charge on any atom is -0.340 e. The number of rotatable bonds is 9. The Labute approximate surface area is 264 Å². The summed E-state index contributed by atoms with van der Waals surface area (Å²) in [7, 11) is 0. The molecule has 4 heterocycles. The van der Waals surface area contributed by atoms with Crippen molar-refractivity contribution in [3.05, 3.63) is 65.9 Å². The molecule has 3 aliphatic heterocycles. The number of aromatic nitrogens is 2. The number of benzene rings is 2. The first-order chi connectivity index (χ1) is 21.9. The third kappa shape index (κ3) is 6.69. The molecule has 2 atom stereocenters. The normalized spacial score (nSPS) is 22.0. The van der Waals surface area contributed by atoms with Crippen molar-refractivity contribution in [2.75, 3.05) is 65.4 Å². The molecular weight excluding hydrogens is 564 g/mol. The zero-order chi connectivity index (χ0) is 31.4. The Morgan fingerprint density at radius 1 is 0.933 bits per heavy atom. The number of hydrogen-bond acceptors (Lipinski definition) is 8. The highest BCUT2D eigenvalue weighted by atomic mass is 16.2. The minimum atomic E-state index is -0.475. The largest absolute Gasteiger partial charge is 0.340 e. The van der Waals surface area contributed by atoms with Crippen molar-refractivity contribution in [2.24, 2.45) is 11.3 Å². The van der Waals surface area contributed by atoms with E-state index >= 15 is 0 Å². The predicted molar refractivity (Wildman–Crippen MR) is 171 cm³/mol. The molecule has 10 heteroatoms. The van der Waals surface area contributed by atoms with Gasteiger partial charge in [-0.05, 0) is 68.2 Å². The number of nitrogens with zero attached hydrogens (tertiary/aromatic N) is 7. The fourth-order valence-electron chi connectivity index (χ4n) is 7.35. The number of likely N-dealkylation sites (tertiary alicyclic amines) is 1. The Bertz CT molecular complexity index is 1610. The van der Waals surface area contributed by atoms with E-state index < -0.39 is 5.41 Å². The summed E-state index contributed by atoms with van der Waals surface area (Å²) in [6, 6.07) is 19.1. The Morgan fingerprint density at radius 3 is 2.22 bits per heavy atom. The molecule has 3 saturated heterocycles. The highest BCUT2D eigenvalue weighted by Crippen LogP contribution is 2.38. The molecule has 2 bridgehead atoms. The molecule has 1 N–H and O–H groups in total. The maximum absolute atomic E-state index is 14.3. The van der Waals surface area contributed by atoms with Crippen LogP contribution in [-0.4, -0.2) is 102 Å². The minimum absolute atomic E-state index is 0.155. The summed E-state index contributed by atoms with van der Waals surface area (Å²) < 4.78 is 1.81. The number of carbonyl (C=O) groups excluding carboxylic acids is 2. The van der Waals surface area contributed by atoms with E-state index in [4.69, 9.17) is 5.10 Å². The SMILES string of the molecule is CC(=O)N1CCN(CCCN2CC3CNCC(C(=O)Cn4ncc(-c5ccc(C#N)cc5)c4-c4ccc(C#N)cc4)(C3)C2)CC1. The van der Waals surface area contributed by atoms with Crippen molar-refractivity contribution in [1.82, 2.24) is 29.8 Å². The Morgan fingerprint density at radius 2 is 1.58 bits per heavy atom. The van der Waals surface area contributed by atoms with Gasteiger partial charge in [0, 0.05) is 63.9 Å². The number of amides is 1. The van der Waals surface area contributed by atoms with E-state index in [1.165, 1.54) is 0 Å². The van der Waals surface area contributed by atoms with Gasteiger partial charge in [0.15, 0.2) is 5.78 Å². The van der Waals surface area contributed by atoms with E-state index in [1.54, 1.807) is 37.4 Å². The quantitative estimate of drug-likeness (QED) is 0.396. The predicted octanol–water partition coefficient (Wildman–Crippen LogP) is 3.00. The number of ketones is 1. The number of piperazine rings is 1. The first kappa shape index (κ1) is 30.7. The fraction of sp³-hybridized carbons (Fsp3) is 0.457. The van der Waals surface area contributed by atoms with Crippen molar-refractivity contribution in [1.29, 1.82) is 10.5 Å². The topological polar surface area (TPSA) is 121 Å². The number of nitrogens with one attached hydrogen (secondary N) is 1. The molecule has 0 radical (unpaired) electrons. The van der Waals surface area contributed by atoms with Crippen LogP contribution < -0.4 is 5.32 Å². The molecule has 2 aromatic carbocycles. The Balaban J connectivity index is 1.18. The number of fused-ring (bicyclic) bond motifs is 2. The summed E-state index contributed by atoms with van der Waals surface area (Å²) in [4.78, 5) is 32.8. The van der Waals surface area contributed by atoms with Crippen molar-refractivity contribution < 1.29 is 9.59 Å². The summed E-state index contributed by atoms with van der Waals surface area (Å²) >= 11 is 0. The van der Waals surface area contributed by atoms with Crippen molar-refractivity contribution >= 4 is 11.7 Å². The third-order valence-corrected chi connectivity index (χ3v) is 9.72. The second-order valence-electron chi connectivity index (χ2n) is 12.8. The maximum Gasteiger partial charge on any atom is 0.219 e.